The zero-order valence-corrected chi connectivity index (χ0v) is 9.56. The minimum absolute atomic E-state index is 0.431. The van der Waals surface area contributed by atoms with Gasteiger partial charge in [-0.25, -0.2) is 9.67 Å². The average Bonchev–Trinajstić information content (AvgIpc) is 2.75. The van der Waals surface area contributed by atoms with E-state index in [-0.39, 0.29) is 0 Å². The van der Waals surface area contributed by atoms with Crippen molar-refractivity contribution in [2.75, 3.05) is 0 Å². The average molecular weight is 256 g/mol. The fourth-order valence-corrected chi connectivity index (χ4v) is 1.90. The van der Waals surface area contributed by atoms with Crippen LogP contribution >= 0.6 is 23.2 Å². The van der Waals surface area contributed by atoms with Crippen LogP contribution in [0.25, 0.3) is 0 Å². The largest absolute Gasteiger partial charge is 0.301 e. The summed E-state index contributed by atoms with van der Waals surface area (Å²) in [5.74, 6) is 0. The molecule has 2 aromatic rings. The van der Waals surface area contributed by atoms with Crippen molar-refractivity contribution < 1.29 is 4.79 Å². The zero-order chi connectivity index (χ0) is 11.5. The Kier molecular flexibility index (Phi) is 3.22. The smallest absolute Gasteiger partial charge is 0.149 e. The summed E-state index contributed by atoms with van der Waals surface area (Å²) in [4.78, 5) is 14.8. The van der Waals surface area contributed by atoms with E-state index in [9.17, 15) is 4.79 Å². The van der Waals surface area contributed by atoms with Crippen molar-refractivity contribution in [3.8, 4) is 0 Å². The zero-order valence-electron chi connectivity index (χ0n) is 8.05. The lowest BCUT2D eigenvalue weighted by Crippen LogP contribution is -2.13. The number of hydrogen-bond donors (Lipinski definition) is 0. The van der Waals surface area contributed by atoms with Gasteiger partial charge >= 0.3 is 0 Å². The van der Waals surface area contributed by atoms with E-state index >= 15 is 0 Å². The minimum atomic E-state index is -0.577. The predicted octanol–water partition coefficient (Wildman–Crippen LogP) is 2.37. The van der Waals surface area contributed by atoms with Gasteiger partial charge in [-0.2, -0.15) is 5.10 Å². The lowest BCUT2D eigenvalue weighted by molar-refractivity contribution is -0.109. The van der Waals surface area contributed by atoms with Crippen LogP contribution in [0.2, 0.25) is 10.0 Å². The maximum atomic E-state index is 11.1. The molecule has 0 radical (unpaired) electrons. The van der Waals surface area contributed by atoms with Crippen LogP contribution in [0.3, 0.4) is 0 Å². The summed E-state index contributed by atoms with van der Waals surface area (Å²) in [6.45, 7) is 0. The van der Waals surface area contributed by atoms with Crippen LogP contribution in [-0.4, -0.2) is 21.1 Å². The van der Waals surface area contributed by atoms with Crippen molar-refractivity contribution in [1.82, 2.24) is 14.8 Å². The molecule has 4 nitrogen and oxygen atoms in total. The van der Waals surface area contributed by atoms with Gasteiger partial charge in [0.1, 0.15) is 25.0 Å². The van der Waals surface area contributed by atoms with Crippen molar-refractivity contribution in [2.45, 2.75) is 6.04 Å². The second-order valence-corrected chi connectivity index (χ2v) is 3.97. The first-order valence-corrected chi connectivity index (χ1v) is 5.22. The molecular weight excluding hydrogens is 249 g/mol. The van der Waals surface area contributed by atoms with Crippen LogP contribution < -0.4 is 0 Å². The Morgan fingerprint density at radius 3 is 2.75 bits per heavy atom. The summed E-state index contributed by atoms with van der Waals surface area (Å²) in [6, 6.07) is 4.39. The van der Waals surface area contributed by atoms with Gasteiger partial charge in [0.05, 0.1) is 0 Å². The Bertz CT molecular complexity index is 499. The molecule has 0 spiro atoms. The quantitative estimate of drug-likeness (QED) is 0.792. The number of hydrogen-bond acceptors (Lipinski definition) is 3. The number of aldehydes is 1. The van der Waals surface area contributed by atoms with Crippen LogP contribution in [0, 0.1) is 0 Å². The Hall–Kier alpha value is -1.39. The molecule has 0 saturated carbocycles. The number of carbonyl (C=O) groups is 1. The van der Waals surface area contributed by atoms with Gasteiger partial charge < -0.3 is 4.79 Å². The van der Waals surface area contributed by atoms with E-state index in [1.165, 1.54) is 17.3 Å². The molecule has 0 amide bonds. The lowest BCUT2D eigenvalue weighted by atomic mass is 10.1. The fourth-order valence-electron chi connectivity index (χ4n) is 1.38. The van der Waals surface area contributed by atoms with Crippen molar-refractivity contribution in [1.29, 1.82) is 0 Å². The molecule has 0 aliphatic carbocycles. The van der Waals surface area contributed by atoms with Crippen molar-refractivity contribution in [3.05, 3.63) is 46.5 Å². The number of nitrogens with zero attached hydrogens (tertiary/aromatic N) is 3. The molecule has 0 aliphatic rings. The molecule has 0 saturated heterocycles. The minimum Gasteiger partial charge on any atom is -0.301 e. The topological polar surface area (TPSA) is 47.8 Å². The third kappa shape index (κ3) is 2.08. The molecule has 16 heavy (non-hydrogen) atoms. The fraction of sp³-hybridized carbons (Fsp3) is 0.100. The van der Waals surface area contributed by atoms with Crippen LogP contribution in [0.4, 0.5) is 0 Å². The lowest BCUT2D eigenvalue weighted by Gasteiger charge is -2.12. The summed E-state index contributed by atoms with van der Waals surface area (Å²) < 4.78 is 1.43. The SMILES string of the molecule is O=CC(c1ccc(Cl)cc1Cl)n1cncn1. The van der Waals surface area contributed by atoms with Crippen molar-refractivity contribution >= 4 is 29.5 Å². The third-order valence-corrected chi connectivity index (χ3v) is 2.69. The number of rotatable bonds is 3. The molecule has 1 heterocycles. The Morgan fingerprint density at radius 2 is 2.19 bits per heavy atom. The normalized spacial score (nSPS) is 12.4. The van der Waals surface area contributed by atoms with E-state index in [4.69, 9.17) is 23.2 Å². The summed E-state index contributed by atoms with van der Waals surface area (Å²) in [7, 11) is 0. The van der Waals surface area contributed by atoms with E-state index < -0.39 is 6.04 Å². The maximum absolute atomic E-state index is 11.1. The van der Waals surface area contributed by atoms with E-state index in [1.807, 2.05) is 0 Å². The maximum Gasteiger partial charge on any atom is 0.149 e. The summed E-state index contributed by atoms with van der Waals surface area (Å²) in [6.07, 6.45) is 3.58. The summed E-state index contributed by atoms with van der Waals surface area (Å²) >= 11 is 11.8. The van der Waals surface area contributed by atoms with Gasteiger partial charge in [0, 0.05) is 15.6 Å². The molecule has 0 fully saturated rings. The van der Waals surface area contributed by atoms with E-state index in [1.54, 1.807) is 18.2 Å². The van der Waals surface area contributed by atoms with Gasteiger partial charge in [0.15, 0.2) is 0 Å². The van der Waals surface area contributed by atoms with Gasteiger partial charge in [-0.05, 0) is 12.1 Å². The monoisotopic (exact) mass is 255 g/mol. The number of halogens is 2. The van der Waals surface area contributed by atoms with E-state index in [0.29, 0.717) is 15.6 Å². The molecule has 6 heteroatoms. The molecule has 1 unspecified atom stereocenters. The standard InChI is InChI=1S/C10H7Cl2N3O/c11-7-1-2-8(9(12)3-7)10(4-16)15-6-13-5-14-15/h1-6,10H. The summed E-state index contributed by atoms with van der Waals surface area (Å²) in [5, 5.41) is 4.87. The first-order chi connectivity index (χ1) is 7.72. The first kappa shape index (κ1) is 11.1. The molecular formula is C10H7Cl2N3O. The first-order valence-electron chi connectivity index (χ1n) is 4.46. The molecule has 82 valence electrons. The van der Waals surface area contributed by atoms with Crippen molar-refractivity contribution in [2.24, 2.45) is 0 Å². The number of aromatic nitrogens is 3. The Labute approximate surface area is 102 Å². The van der Waals surface area contributed by atoms with Gasteiger partial charge in [0.25, 0.3) is 0 Å². The Balaban J connectivity index is 2.45. The molecule has 0 N–H and O–H groups in total. The van der Waals surface area contributed by atoms with Crippen LogP contribution in [0.1, 0.15) is 11.6 Å². The van der Waals surface area contributed by atoms with Crippen molar-refractivity contribution in [3.63, 3.8) is 0 Å². The Morgan fingerprint density at radius 1 is 1.38 bits per heavy atom. The molecule has 1 aromatic carbocycles. The second-order valence-electron chi connectivity index (χ2n) is 3.12. The van der Waals surface area contributed by atoms with Crippen LogP contribution in [0.5, 0.6) is 0 Å². The van der Waals surface area contributed by atoms with Gasteiger partial charge in [0.2, 0.25) is 0 Å². The van der Waals surface area contributed by atoms with Gasteiger partial charge in [-0.3, -0.25) is 0 Å². The second kappa shape index (κ2) is 4.63. The van der Waals surface area contributed by atoms with Crippen LogP contribution in [0.15, 0.2) is 30.9 Å². The molecule has 0 aliphatic heterocycles. The molecule has 1 atom stereocenters. The van der Waals surface area contributed by atoms with Gasteiger partial charge in [-0.15, -0.1) is 0 Å². The highest BCUT2D eigenvalue weighted by molar-refractivity contribution is 6.35. The number of carbonyl (C=O) groups excluding carboxylic acids is 1. The highest BCUT2D eigenvalue weighted by atomic mass is 35.5. The molecule has 0 bridgehead atoms. The highest BCUT2D eigenvalue weighted by Crippen LogP contribution is 2.27. The predicted molar refractivity (Wildman–Crippen MR) is 60.7 cm³/mol. The molecule has 2 rings (SSSR count). The summed E-state index contributed by atoms with van der Waals surface area (Å²) in [5.41, 5.74) is 0.645. The van der Waals surface area contributed by atoms with Gasteiger partial charge in [-0.1, -0.05) is 29.3 Å². The van der Waals surface area contributed by atoms with E-state index in [2.05, 4.69) is 10.1 Å². The number of benzene rings is 1. The third-order valence-electron chi connectivity index (χ3n) is 2.13. The van der Waals surface area contributed by atoms with Crippen LogP contribution in [-0.2, 0) is 4.79 Å². The molecule has 1 aromatic heterocycles. The van der Waals surface area contributed by atoms with E-state index in [0.717, 1.165) is 6.29 Å². The highest BCUT2D eigenvalue weighted by Gasteiger charge is 2.16.